The van der Waals surface area contributed by atoms with Crippen LogP contribution < -0.4 is 5.32 Å². The van der Waals surface area contributed by atoms with Crippen molar-refractivity contribution in [2.24, 2.45) is 11.3 Å². The van der Waals surface area contributed by atoms with Crippen molar-refractivity contribution in [2.75, 3.05) is 0 Å². The van der Waals surface area contributed by atoms with Crippen LogP contribution >= 0.6 is 0 Å². The van der Waals surface area contributed by atoms with Crippen molar-refractivity contribution in [2.45, 2.75) is 58.1 Å². The molecule has 3 aliphatic rings. The molecule has 1 unspecified atom stereocenters. The molecule has 0 radical (unpaired) electrons. The molecule has 2 bridgehead atoms. The molecular formula is C13H21NO4. The summed E-state index contributed by atoms with van der Waals surface area (Å²) in [5.74, 6) is -0.298. The zero-order valence-electron chi connectivity index (χ0n) is 11.2. The van der Waals surface area contributed by atoms with E-state index in [1.807, 2.05) is 0 Å². The second kappa shape index (κ2) is 4.14. The molecule has 0 heterocycles. The fourth-order valence-electron chi connectivity index (χ4n) is 3.27. The van der Waals surface area contributed by atoms with Crippen molar-refractivity contribution in [1.82, 2.24) is 5.32 Å². The van der Waals surface area contributed by atoms with E-state index in [9.17, 15) is 14.7 Å². The third-order valence-corrected chi connectivity index (χ3v) is 3.96. The van der Waals surface area contributed by atoms with Crippen molar-refractivity contribution < 1.29 is 19.4 Å². The maximum atomic E-state index is 11.7. The number of carbonyl (C=O) groups excluding carboxylic acids is 1. The molecule has 2 N–H and O–H groups in total. The van der Waals surface area contributed by atoms with E-state index < -0.39 is 23.7 Å². The fraction of sp³-hybridized carbons (Fsp3) is 0.846. The summed E-state index contributed by atoms with van der Waals surface area (Å²) < 4.78 is 5.13. The number of ether oxygens (including phenoxy) is 1. The minimum Gasteiger partial charge on any atom is -0.480 e. The summed E-state index contributed by atoms with van der Waals surface area (Å²) in [6, 6.07) is -0.814. The highest BCUT2D eigenvalue weighted by Gasteiger charge is 2.57. The molecule has 0 aromatic heterocycles. The number of aliphatic carboxylic acids is 1. The van der Waals surface area contributed by atoms with E-state index in [-0.39, 0.29) is 5.41 Å². The Morgan fingerprint density at radius 2 is 2.00 bits per heavy atom. The second-order valence-corrected chi connectivity index (χ2v) is 6.59. The molecule has 1 atom stereocenters. The summed E-state index contributed by atoms with van der Waals surface area (Å²) >= 11 is 0. The average molecular weight is 255 g/mol. The third kappa shape index (κ3) is 2.44. The molecule has 5 nitrogen and oxygen atoms in total. The quantitative estimate of drug-likeness (QED) is 0.810. The van der Waals surface area contributed by atoms with Crippen LogP contribution in [0.3, 0.4) is 0 Å². The van der Waals surface area contributed by atoms with E-state index in [0.717, 1.165) is 25.7 Å². The lowest BCUT2D eigenvalue weighted by molar-refractivity contribution is -0.145. The number of carboxylic acids is 1. The Hall–Kier alpha value is -1.26. The van der Waals surface area contributed by atoms with E-state index >= 15 is 0 Å². The molecule has 3 saturated carbocycles. The zero-order chi connectivity index (χ0) is 13.6. The number of fused-ring (bicyclic) bond motifs is 1. The lowest BCUT2D eigenvalue weighted by atomic mass is 9.65. The van der Waals surface area contributed by atoms with Gasteiger partial charge in [-0.25, -0.2) is 9.59 Å². The number of amides is 1. The molecule has 3 aliphatic carbocycles. The molecule has 1 amide bonds. The molecule has 102 valence electrons. The van der Waals surface area contributed by atoms with Crippen LogP contribution in [0.15, 0.2) is 0 Å². The topological polar surface area (TPSA) is 75.6 Å². The maximum Gasteiger partial charge on any atom is 0.408 e. The van der Waals surface area contributed by atoms with Crippen LogP contribution in [0.25, 0.3) is 0 Å². The third-order valence-electron chi connectivity index (χ3n) is 3.96. The van der Waals surface area contributed by atoms with Gasteiger partial charge >= 0.3 is 12.1 Å². The normalized spacial score (nSPS) is 31.4. The van der Waals surface area contributed by atoms with Crippen molar-refractivity contribution in [3.05, 3.63) is 0 Å². The molecule has 0 saturated heterocycles. The number of carboxylic acid groups (broad SMARTS) is 1. The standard InChI is InChI=1S/C13H21NO4/c1-12(2,3)18-11(17)14-9(10(15)16)13-5-4-8(6-13)7-13/h8-9H,4-7H2,1-3H3,(H,14,17)(H,15,16). The van der Waals surface area contributed by atoms with Crippen LogP contribution in [-0.4, -0.2) is 28.8 Å². The highest BCUT2D eigenvalue weighted by Crippen LogP contribution is 2.60. The molecule has 0 aromatic carbocycles. The minimum atomic E-state index is -0.957. The highest BCUT2D eigenvalue weighted by atomic mass is 16.6. The van der Waals surface area contributed by atoms with Gasteiger partial charge in [-0.05, 0) is 52.4 Å². The SMILES string of the molecule is CC(C)(C)OC(=O)NC(C(=O)O)C12CCC(C1)C2. The van der Waals surface area contributed by atoms with Gasteiger partial charge in [-0.2, -0.15) is 0 Å². The first-order valence-corrected chi connectivity index (χ1v) is 6.44. The molecule has 3 rings (SSSR count). The molecule has 18 heavy (non-hydrogen) atoms. The number of alkyl carbamates (subject to hydrolysis) is 1. The van der Waals surface area contributed by atoms with E-state index in [4.69, 9.17) is 4.74 Å². The summed E-state index contributed by atoms with van der Waals surface area (Å²) in [5.41, 5.74) is -0.837. The largest absolute Gasteiger partial charge is 0.480 e. The van der Waals surface area contributed by atoms with E-state index in [1.54, 1.807) is 20.8 Å². The zero-order valence-corrected chi connectivity index (χ0v) is 11.2. The van der Waals surface area contributed by atoms with Gasteiger partial charge in [-0.1, -0.05) is 0 Å². The first-order chi connectivity index (χ1) is 8.22. The van der Waals surface area contributed by atoms with Gasteiger partial charge in [0, 0.05) is 5.41 Å². The van der Waals surface area contributed by atoms with Gasteiger partial charge < -0.3 is 15.2 Å². The molecule has 3 fully saturated rings. The predicted molar refractivity (Wildman–Crippen MR) is 65.2 cm³/mol. The smallest absolute Gasteiger partial charge is 0.408 e. The van der Waals surface area contributed by atoms with Crippen LogP contribution in [0.2, 0.25) is 0 Å². The van der Waals surface area contributed by atoms with Gasteiger partial charge in [0.25, 0.3) is 0 Å². The monoisotopic (exact) mass is 255 g/mol. The Labute approximate surface area is 107 Å². The Bertz CT molecular complexity index is 360. The van der Waals surface area contributed by atoms with Crippen LogP contribution in [0.1, 0.15) is 46.5 Å². The number of hydrogen-bond donors (Lipinski definition) is 2. The Morgan fingerprint density at radius 3 is 2.39 bits per heavy atom. The summed E-state index contributed by atoms with van der Waals surface area (Å²) in [5, 5.41) is 11.8. The summed E-state index contributed by atoms with van der Waals surface area (Å²) in [7, 11) is 0. The molecule has 0 spiro atoms. The average Bonchev–Trinajstić information content (AvgIpc) is 2.68. The van der Waals surface area contributed by atoms with Crippen LogP contribution in [0, 0.1) is 11.3 Å². The van der Waals surface area contributed by atoms with E-state index in [0.29, 0.717) is 5.92 Å². The van der Waals surface area contributed by atoms with Crippen LogP contribution in [-0.2, 0) is 9.53 Å². The second-order valence-electron chi connectivity index (χ2n) is 6.59. The number of hydrogen-bond acceptors (Lipinski definition) is 3. The van der Waals surface area contributed by atoms with Gasteiger partial charge in [-0.15, -0.1) is 0 Å². The highest BCUT2D eigenvalue weighted by molar-refractivity contribution is 5.81. The van der Waals surface area contributed by atoms with Crippen molar-refractivity contribution >= 4 is 12.1 Å². The first kappa shape index (κ1) is 13.2. The molecular weight excluding hydrogens is 234 g/mol. The summed E-state index contributed by atoms with van der Waals surface area (Å²) in [4.78, 5) is 23.0. The van der Waals surface area contributed by atoms with Gasteiger partial charge in [-0.3, -0.25) is 0 Å². The van der Waals surface area contributed by atoms with Crippen LogP contribution in [0.5, 0.6) is 0 Å². The summed E-state index contributed by atoms with van der Waals surface area (Å²) in [6.45, 7) is 5.28. The maximum absolute atomic E-state index is 11.7. The number of rotatable bonds is 3. The predicted octanol–water partition coefficient (Wildman–Crippen LogP) is 2.15. The van der Waals surface area contributed by atoms with Gasteiger partial charge in [0.05, 0.1) is 0 Å². The first-order valence-electron chi connectivity index (χ1n) is 6.44. The van der Waals surface area contributed by atoms with Crippen molar-refractivity contribution in [3.63, 3.8) is 0 Å². The number of carbonyl (C=O) groups is 2. The Morgan fingerprint density at radius 1 is 1.39 bits per heavy atom. The van der Waals surface area contributed by atoms with E-state index in [1.165, 1.54) is 0 Å². The summed E-state index contributed by atoms with van der Waals surface area (Å²) in [6.07, 6.45) is 3.17. The van der Waals surface area contributed by atoms with Gasteiger partial charge in [0.2, 0.25) is 0 Å². The molecule has 5 heteroatoms. The fourth-order valence-corrected chi connectivity index (χ4v) is 3.27. The van der Waals surface area contributed by atoms with Gasteiger partial charge in [0.15, 0.2) is 0 Å². The van der Waals surface area contributed by atoms with Crippen molar-refractivity contribution in [3.8, 4) is 0 Å². The lowest BCUT2D eigenvalue weighted by Gasteiger charge is -2.42. The Kier molecular flexibility index (Phi) is 3.03. The number of nitrogens with one attached hydrogen (secondary N) is 1. The minimum absolute atomic E-state index is 0.229. The molecule has 0 aliphatic heterocycles. The lowest BCUT2D eigenvalue weighted by Crippen LogP contribution is -2.55. The van der Waals surface area contributed by atoms with E-state index in [2.05, 4.69) is 5.32 Å². The van der Waals surface area contributed by atoms with Gasteiger partial charge in [0.1, 0.15) is 11.6 Å². The molecule has 0 aromatic rings. The van der Waals surface area contributed by atoms with Crippen LogP contribution in [0.4, 0.5) is 4.79 Å². The Balaban J connectivity index is 1.99. The van der Waals surface area contributed by atoms with Crippen molar-refractivity contribution in [1.29, 1.82) is 0 Å².